The smallest absolute Gasteiger partial charge is 0.158 e. The van der Waals surface area contributed by atoms with Crippen LogP contribution in [0.2, 0.25) is 0 Å². The van der Waals surface area contributed by atoms with E-state index in [2.05, 4.69) is 25.6 Å². The molecular weight excluding hydrogens is 266 g/mol. The topological polar surface area (TPSA) is 72.0 Å². The highest BCUT2D eigenvalue weighted by atomic mass is 16.5. The zero-order chi connectivity index (χ0) is 14.9. The fourth-order valence-corrected chi connectivity index (χ4v) is 1.92. The van der Waals surface area contributed by atoms with E-state index in [1.54, 1.807) is 13.3 Å². The number of ether oxygens (including phenoxy) is 1. The maximum absolute atomic E-state index is 5.10. The minimum atomic E-state index is 0.397. The van der Waals surface area contributed by atoms with E-state index >= 15 is 0 Å². The summed E-state index contributed by atoms with van der Waals surface area (Å²) in [6.07, 6.45) is 2.65. The number of pyridine rings is 1. The van der Waals surface area contributed by atoms with E-state index in [9.17, 15) is 0 Å². The van der Waals surface area contributed by atoms with Crippen molar-refractivity contribution in [3.8, 4) is 0 Å². The molecule has 0 fully saturated rings. The largest absolute Gasteiger partial charge is 0.377 e. The van der Waals surface area contributed by atoms with Gasteiger partial charge in [-0.15, -0.1) is 0 Å². The average Bonchev–Trinajstić information content (AvgIpc) is 2.49. The molecular formula is C15H21N5O. The van der Waals surface area contributed by atoms with Crippen LogP contribution >= 0.6 is 0 Å². The van der Waals surface area contributed by atoms with Crippen LogP contribution in [0.1, 0.15) is 18.4 Å². The Kier molecular flexibility index (Phi) is 5.90. The van der Waals surface area contributed by atoms with Crippen LogP contribution < -0.4 is 10.6 Å². The van der Waals surface area contributed by atoms with Gasteiger partial charge in [0.05, 0.1) is 0 Å². The van der Waals surface area contributed by atoms with Crippen LogP contribution in [-0.4, -0.2) is 35.2 Å². The summed E-state index contributed by atoms with van der Waals surface area (Å²) < 4.78 is 5.10. The number of rotatable bonds is 8. The Morgan fingerprint density at radius 2 is 1.95 bits per heavy atom. The lowest BCUT2D eigenvalue weighted by Gasteiger charge is -2.10. The summed E-state index contributed by atoms with van der Waals surface area (Å²) in [6.45, 7) is 4.02. The first-order valence-corrected chi connectivity index (χ1v) is 7.06. The van der Waals surface area contributed by atoms with Gasteiger partial charge in [0.2, 0.25) is 0 Å². The minimum Gasteiger partial charge on any atom is -0.377 e. The summed E-state index contributed by atoms with van der Waals surface area (Å²) in [5, 5.41) is 6.50. The monoisotopic (exact) mass is 287 g/mol. The van der Waals surface area contributed by atoms with Crippen LogP contribution in [0.5, 0.6) is 0 Å². The van der Waals surface area contributed by atoms with E-state index in [1.165, 1.54) is 0 Å². The van der Waals surface area contributed by atoms with Crippen molar-refractivity contribution in [3.63, 3.8) is 0 Å². The summed E-state index contributed by atoms with van der Waals surface area (Å²) in [5.41, 5.74) is 1.06. The standard InChI is InChI=1S/C15H21N5O/c1-3-16-13-10-14(20-15(19-13)11-21-2)18-9-7-12-6-4-5-8-17-12/h4-6,8,10H,3,7,9,11H2,1-2H3,(H2,16,18,19,20). The molecule has 2 heterocycles. The molecule has 0 bridgehead atoms. The first-order valence-electron chi connectivity index (χ1n) is 7.06. The van der Waals surface area contributed by atoms with E-state index in [-0.39, 0.29) is 0 Å². The van der Waals surface area contributed by atoms with Gasteiger partial charge < -0.3 is 15.4 Å². The number of aromatic nitrogens is 3. The maximum Gasteiger partial charge on any atom is 0.158 e. The van der Waals surface area contributed by atoms with Crippen LogP contribution in [0.25, 0.3) is 0 Å². The Hall–Kier alpha value is -2.21. The van der Waals surface area contributed by atoms with Crippen LogP contribution in [0.4, 0.5) is 11.6 Å². The van der Waals surface area contributed by atoms with Gasteiger partial charge in [-0.05, 0) is 19.1 Å². The predicted octanol–water partition coefficient (Wildman–Crippen LogP) is 2.10. The number of nitrogens with zero attached hydrogens (tertiary/aromatic N) is 3. The molecule has 0 amide bonds. The van der Waals surface area contributed by atoms with Crippen molar-refractivity contribution in [2.75, 3.05) is 30.8 Å². The van der Waals surface area contributed by atoms with Crippen molar-refractivity contribution in [1.82, 2.24) is 15.0 Å². The van der Waals surface area contributed by atoms with Crippen molar-refractivity contribution in [3.05, 3.63) is 42.0 Å². The van der Waals surface area contributed by atoms with Gasteiger partial charge in [0.15, 0.2) is 5.82 Å². The molecule has 0 aromatic carbocycles. The molecule has 2 N–H and O–H groups in total. The molecule has 6 heteroatoms. The van der Waals surface area contributed by atoms with Crippen molar-refractivity contribution >= 4 is 11.6 Å². The molecule has 6 nitrogen and oxygen atoms in total. The molecule has 0 radical (unpaired) electrons. The lowest BCUT2D eigenvalue weighted by molar-refractivity contribution is 0.178. The zero-order valence-electron chi connectivity index (χ0n) is 12.5. The summed E-state index contributed by atoms with van der Waals surface area (Å²) in [6, 6.07) is 7.83. The first-order chi connectivity index (χ1) is 10.3. The fourth-order valence-electron chi connectivity index (χ4n) is 1.92. The molecule has 2 aromatic heterocycles. The summed E-state index contributed by atoms with van der Waals surface area (Å²) in [7, 11) is 1.64. The lowest BCUT2D eigenvalue weighted by atomic mass is 10.3. The molecule has 0 spiro atoms. The molecule has 0 aliphatic carbocycles. The Morgan fingerprint density at radius 3 is 2.62 bits per heavy atom. The Balaban J connectivity index is 1.97. The van der Waals surface area contributed by atoms with E-state index in [0.29, 0.717) is 12.4 Å². The van der Waals surface area contributed by atoms with Gasteiger partial charge in [-0.2, -0.15) is 0 Å². The predicted molar refractivity (Wildman–Crippen MR) is 83.3 cm³/mol. The molecule has 0 saturated heterocycles. The maximum atomic E-state index is 5.10. The number of anilines is 2. The fraction of sp³-hybridized carbons (Fsp3) is 0.400. The Labute approximate surface area is 125 Å². The van der Waals surface area contributed by atoms with E-state index in [0.717, 1.165) is 36.8 Å². The third-order valence-electron chi connectivity index (χ3n) is 2.82. The zero-order valence-corrected chi connectivity index (χ0v) is 12.5. The van der Waals surface area contributed by atoms with Gasteiger partial charge in [0.25, 0.3) is 0 Å². The Bertz CT molecular complexity index is 523. The molecule has 0 saturated carbocycles. The minimum absolute atomic E-state index is 0.397. The molecule has 0 unspecified atom stereocenters. The van der Waals surface area contributed by atoms with E-state index < -0.39 is 0 Å². The third-order valence-corrected chi connectivity index (χ3v) is 2.82. The van der Waals surface area contributed by atoms with Gasteiger partial charge in [-0.3, -0.25) is 4.98 Å². The lowest BCUT2D eigenvalue weighted by Crippen LogP contribution is -2.11. The van der Waals surface area contributed by atoms with Gasteiger partial charge in [0, 0.05) is 44.6 Å². The molecule has 112 valence electrons. The number of hydrogen-bond acceptors (Lipinski definition) is 6. The summed E-state index contributed by atoms with van der Waals surface area (Å²) in [4.78, 5) is 13.1. The van der Waals surface area contributed by atoms with Crippen molar-refractivity contribution in [2.24, 2.45) is 0 Å². The number of hydrogen-bond donors (Lipinski definition) is 2. The second-order valence-corrected chi connectivity index (χ2v) is 4.52. The van der Waals surface area contributed by atoms with Crippen LogP contribution in [-0.2, 0) is 17.8 Å². The molecule has 21 heavy (non-hydrogen) atoms. The van der Waals surface area contributed by atoms with Crippen LogP contribution in [0, 0.1) is 0 Å². The third kappa shape index (κ3) is 5.00. The van der Waals surface area contributed by atoms with Crippen molar-refractivity contribution in [1.29, 1.82) is 0 Å². The number of methoxy groups -OCH3 is 1. The summed E-state index contributed by atoms with van der Waals surface area (Å²) in [5.74, 6) is 2.26. The quantitative estimate of drug-likeness (QED) is 0.774. The Morgan fingerprint density at radius 1 is 1.14 bits per heavy atom. The van der Waals surface area contributed by atoms with Gasteiger partial charge in [-0.25, -0.2) is 9.97 Å². The van der Waals surface area contributed by atoms with Crippen LogP contribution in [0.15, 0.2) is 30.5 Å². The van der Waals surface area contributed by atoms with Gasteiger partial charge >= 0.3 is 0 Å². The van der Waals surface area contributed by atoms with Gasteiger partial charge in [-0.1, -0.05) is 6.07 Å². The summed E-state index contributed by atoms with van der Waals surface area (Å²) >= 11 is 0. The van der Waals surface area contributed by atoms with Gasteiger partial charge in [0.1, 0.15) is 18.2 Å². The molecule has 2 rings (SSSR count). The highest BCUT2D eigenvalue weighted by molar-refractivity contribution is 5.47. The van der Waals surface area contributed by atoms with Crippen molar-refractivity contribution < 1.29 is 4.74 Å². The van der Waals surface area contributed by atoms with E-state index in [4.69, 9.17) is 4.74 Å². The second kappa shape index (κ2) is 8.16. The van der Waals surface area contributed by atoms with Crippen LogP contribution in [0.3, 0.4) is 0 Å². The highest BCUT2D eigenvalue weighted by Gasteiger charge is 2.04. The average molecular weight is 287 g/mol. The second-order valence-electron chi connectivity index (χ2n) is 4.52. The molecule has 0 atom stereocenters. The normalized spacial score (nSPS) is 10.4. The van der Waals surface area contributed by atoms with Crippen molar-refractivity contribution in [2.45, 2.75) is 20.0 Å². The molecule has 0 aliphatic rings. The molecule has 2 aromatic rings. The first kappa shape index (κ1) is 15.2. The SMILES string of the molecule is CCNc1cc(NCCc2ccccn2)nc(COC)n1. The molecule has 0 aliphatic heterocycles. The number of nitrogens with one attached hydrogen (secondary N) is 2. The highest BCUT2D eigenvalue weighted by Crippen LogP contribution is 2.12. The van der Waals surface area contributed by atoms with E-state index in [1.807, 2.05) is 31.2 Å².